The van der Waals surface area contributed by atoms with Crippen LogP contribution < -0.4 is 5.32 Å². The topological polar surface area (TPSA) is 52.6 Å². The summed E-state index contributed by atoms with van der Waals surface area (Å²) in [6.07, 6.45) is 3.25. The van der Waals surface area contributed by atoms with Crippen molar-refractivity contribution in [2.45, 2.75) is 57.7 Å². The Hall–Kier alpha value is -0.610. The van der Waals surface area contributed by atoms with E-state index in [0.29, 0.717) is 19.0 Å². The Labute approximate surface area is 103 Å². The normalized spacial score (nSPS) is 27.1. The van der Waals surface area contributed by atoms with Crippen LogP contribution in [0.1, 0.15) is 40.0 Å². The minimum absolute atomic E-state index is 0.0807. The van der Waals surface area contributed by atoms with Gasteiger partial charge in [-0.15, -0.1) is 0 Å². The van der Waals surface area contributed by atoms with E-state index in [0.717, 1.165) is 19.3 Å². The highest BCUT2D eigenvalue weighted by atomic mass is 16.3. The SMILES string of the molecule is CCC(C)NC(=O)C(C)N1CC(O)(C2CC2)C1. The summed E-state index contributed by atoms with van der Waals surface area (Å²) < 4.78 is 0. The van der Waals surface area contributed by atoms with E-state index in [2.05, 4.69) is 17.1 Å². The van der Waals surface area contributed by atoms with Crippen LogP contribution in [0.4, 0.5) is 0 Å². The van der Waals surface area contributed by atoms with Gasteiger partial charge in [-0.1, -0.05) is 6.92 Å². The smallest absolute Gasteiger partial charge is 0.237 e. The highest BCUT2D eigenvalue weighted by Gasteiger charge is 2.53. The van der Waals surface area contributed by atoms with E-state index in [4.69, 9.17) is 0 Å². The third kappa shape index (κ3) is 2.63. The molecule has 2 atom stereocenters. The molecule has 0 radical (unpaired) electrons. The maximum atomic E-state index is 11.9. The number of aliphatic hydroxyl groups is 1. The van der Waals surface area contributed by atoms with Gasteiger partial charge in [0.2, 0.25) is 5.91 Å². The predicted molar refractivity (Wildman–Crippen MR) is 66.6 cm³/mol. The van der Waals surface area contributed by atoms with Crippen molar-refractivity contribution < 1.29 is 9.90 Å². The van der Waals surface area contributed by atoms with Crippen LogP contribution in [0.3, 0.4) is 0 Å². The Balaban J connectivity index is 1.78. The average molecular weight is 240 g/mol. The molecule has 2 N–H and O–H groups in total. The quantitative estimate of drug-likeness (QED) is 0.745. The van der Waals surface area contributed by atoms with Crippen molar-refractivity contribution in [3.63, 3.8) is 0 Å². The van der Waals surface area contributed by atoms with Gasteiger partial charge in [0.1, 0.15) is 0 Å². The van der Waals surface area contributed by atoms with E-state index in [9.17, 15) is 9.90 Å². The summed E-state index contributed by atoms with van der Waals surface area (Å²) in [5, 5.41) is 13.2. The Bertz CT molecular complexity index is 296. The molecule has 0 spiro atoms. The third-order valence-electron chi connectivity index (χ3n) is 4.22. The maximum Gasteiger partial charge on any atom is 0.237 e. The number of rotatable bonds is 5. The number of carbonyl (C=O) groups is 1. The lowest BCUT2D eigenvalue weighted by Crippen LogP contribution is -2.67. The zero-order valence-corrected chi connectivity index (χ0v) is 11.1. The van der Waals surface area contributed by atoms with Gasteiger partial charge in [0, 0.05) is 19.1 Å². The van der Waals surface area contributed by atoms with Crippen molar-refractivity contribution in [1.29, 1.82) is 0 Å². The van der Waals surface area contributed by atoms with E-state index in [1.807, 2.05) is 13.8 Å². The number of β-amino-alcohol motifs (C(OH)–C–C–N with tert-alkyl or cyclic N) is 1. The molecule has 4 heteroatoms. The Morgan fingerprint density at radius 3 is 2.53 bits per heavy atom. The van der Waals surface area contributed by atoms with E-state index in [-0.39, 0.29) is 18.0 Å². The van der Waals surface area contributed by atoms with Crippen LogP contribution in [0.5, 0.6) is 0 Å². The minimum atomic E-state index is -0.495. The Morgan fingerprint density at radius 2 is 2.06 bits per heavy atom. The summed E-state index contributed by atoms with van der Waals surface area (Å²) in [6, 6.07) is 0.108. The molecule has 17 heavy (non-hydrogen) atoms. The van der Waals surface area contributed by atoms with E-state index in [1.165, 1.54) is 0 Å². The molecule has 4 nitrogen and oxygen atoms in total. The van der Waals surface area contributed by atoms with Gasteiger partial charge in [0.15, 0.2) is 0 Å². The number of amides is 1. The van der Waals surface area contributed by atoms with E-state index < -0.39 is 5.60 Å². The average Bonchev–Trinajstić information content (AvgIpc) is 3.07. The fourth-order valence-electron chi connectivity index (χ4n) is 2.44. The second-order valence-electron chi connectivity index (χ2n) is 5.78. The molecule has 0 aromatic rings. The zero-order chi connectivity index (χ0) is 12.6. The predicted octanol–water partition coefficient (Wildman–Crippen LogP) is 0.746. The second-order valence-corrected chi connectivity index (χ2v) is 5.78. The summed E-state index contributed by atoms with van der Waals surface area (Å²) in [5.41, 5.74) is -0.495. The number of hydrogen-bond donors (Lipinski definition) is 2. The van der Waals surface area contributed by atoms with Crippen LogP contribution in [-0.2, 0) is 4.79 Å². The van der Waals surface area contributed by atoms with Gasteiger partial charge in [-0.3, -0.25) is 9.69 Å². The summed E-state index contributed by atoms with van der Waals surface area (Å²) in [4.78, 5) is 14.0. The molecule has 98 valence electrons. The number of nitrogens with one attached hydrogen (secondary N) is 1. The maximum absolute atomic E-state index is 11.9. The summed E-state index contributed by atoms with van der Waals surface area (Å²) >= 11 is 0. The molecule has 1 saturated carbocycles. The number of carbonyl (C=O) groups excluding carboxylic acids is 1. The minimum Gasteiger partial charge on any atom is -0.387 e. The van der Waals surface area contributed by atoms with Gasteiger partial charge in [0.25, 0.3) is 0 Å². The van der Waals surface area contributed by atoms with Gasteiger partial charge >= 0.3 is 0 Å². The highest BCUT2D eigenvalue weighted by Crippen LogP contribution is 2.44. The molecule has 2 fully saturated rings. The molecule has 1 aliphatic heterocycles. The van der Waals surface area contributed by atoms with Crippen LogP contribution in [-0.4, -0.2) is 46.7 Å². The summed E-state index contributed by atoms with van der Waals surface area (Å²) in [6.45, 7) is 7.32. The van der Waals surface area contributed by atoms with Gasteiger partial charge < -0.3 is 10.4 Å². The Kier molecular flexibility index (Phi) is 3.46. The molecule has 0 bridgehead atoms. The first-order valence-corrected chi connectivity index (χ1v) is 6.73. The van der Waals surface area contributed by atoms with Crippen molar-refractivity contribution in [2.75, 3.05) is 13.1 Å². The lowest BCUT2D eigenvalue weighted by Gasteiger charge is -2.49. The van der Waals surface area contributed by atoms with Crippen LogP contribution in [0, 0.1) is 5.92 Å². The molecule has 2 unspecified atom stereocenters. The molecule has 0 aromatic heterocycles. The van der Waals surface area contributed by atoms with E-state index >= 15 is 0 Å². The largest absolute Gasteiger partial charge is 0.387 e. The third-order valence-corrected chi connectivity index (χ3v) is 4.22. The van der Waals surface area contributed by atoms with E-state index in [1.54, 1.807) is 0 Å². The number of nitrogens with zero attached hydrogens (tertiary/aromatic N) is 1. The first kappa shape index (κ1) is 12.8. The van der Waals surface area contributed by atoms with Crippen LogP contribution in [0.2, 0.25) is 0 Å². The van der Waals surface area contributed by atoms with Gasteiger partial charge in [-0.05, 0) is 39.0 Å². The monoisotopic (exact) mass is 240 g/mol. The first-order chi connectivity index (χ1) is 7.96. The molecule has 1 heterocycles. The first-order valence-electron chi connectivity index (χ1n) is 6.73. The lowest BCUT2D eigenvalue weighted by molar-refractivity contribution is -0.147. The highest BCUT2D eigenvalue weighted by molar-refractivity contribution is 5.81. The molecule has 2 rings (SSSR count). The van der Waals surface area contributed by atoms with Gasteiger partial charge in [-0.25, -0.2) is 0 Å². The van der Waals surface area contributed by atoms with Gasteiger partial charge in [0.05, 0.1) is 11.6 Å². The lowest BCUT2D eigenvalue weighted by atomic mass is 9.87. The fourth-order valence-corrected chi connectivity index (χ4v) is 2.44. The molecular weight excluding hydrogens is 216 g/mol. The van der Waals surface area contributed by atoms with Gasteiger partial charge in [-0.2, -0.15) is 0 Å². The van der Waals surface area contributed by atoms with Crippen molar-refractivity contribution in [1.82, 2.24) is 10.2 Å². The molecule has 1 aliphatic carbocycles. The zero-order valence-electron chi connectivity index (χ0n) is 11.1. The van der Waals surface area contributed by atoms with Crippen LogP contribution >= 0.6 is 0 Å². The molecule has 2 aliphatic rings. The van der Waals surface area contributed by atoms with Crippen LogP contribution in [0.15, 0.2) is 0 Å². The molecule has 1 saturated heterocycles. The number of likely N-dealkylation sites (tertiary alicyclic amines) is 1. The summed E-state index contributed by atoms with van der Waals surface area (Å²) in [7, 11) is 0. The van der Waals surface area contributed by atoms with Crippen molar-refractivity contribution in [3.05, 3.63) is 0 Å². The van der Waals surface area contributed by atoms with Crippen molar-refractivity contribution in [2.24, 2.45) is 5.92 Å². The molecule has 0 aromatic carbocycles. The van der Waals surface area contributed by atoms with Crippen molar-refractivity contribution in [3.8, 4) is 0 Å². The second kappa shape index (κ2) is 4.58. The molecule has 1 amide bonds. The Morgan fingerprint density at radius 1 is 1.47 bits per heavy atom. The summed E-state index contributed by atoms with van der Waals surface area (Å²) in [5.74, 6) is 0.570. The molecular formula is C13H24N2O2. The number of hydrogen-bond acceptors (Lipinski definition) is 3. The van der Waals surface area contributed by atoms with Crippen molar-refractivity contribution >= 4 is 5.91 Å². The standard InChI is InChI=1S/C13H24N2O2/c1-4-9(2)14-12(16)10(3)15-7-13(17,8-15)11-5-6-11/h9-11,17H,4-8H2,1-3H3,(H,14,16). The van der Waals surface area contributed by atoms with Crippen LogP contribution in [0.25, 0.3) is 0 Å². The fraction of sp³-hybridized carbons (Fsp3) is 0.923.